The molecule has 138 valence electrons. The van der Waals surface area contributed by atoms with Crippen molar-refractivity contribution < 1.29 is 14.3 Å². The molecule has 0 unspecified atom stereocenters. The molecule has 0 atom stereocenters. The largest absolute Gasteiger partial charge is 0.483 e. The molecular weight excluding hydrogens is 406 g/mol. The highest BCUT2D eigenvalue weighted by Crippen LogP contribution is 2.26. The molecule has 0 radical (unpaired) electrons. The van der Waals surface area contributed by atoms with Gasteiger partial charge in [0.05, 0.1) is 4.47 Å². The number of rotatable bonds is 7. The summed E-state index contributed by atoms with van der Waals surface area (Å²) in [4.78, 5) is 12.1. The van der Waals surface area contributed by atoms with Crippen molar-refractivity contribution in [2.24, 2.45) is 0 Å². The summed E-state index contributed by atoms with van der Waals surface area (Å²) in [5.41, 5.74) is 1.89. The molecule has 0 fully saturated rings. The molecule has 0 spiro atoms. The maximum Gasteiger partial charge on any atom is 0.262 e. The number of hydrogen-bond donors (Lipinski definition) is 1. The topological polar surface area (TPSA) is 47.6 Å². The Labute approximate surface area is 167 Å². The third kappa shape index (κ3) is 5.59. The highest BCUT2D eigenvalue weighted by atomic mass is 79.9. The molecule has 0 saturated heterocycles. The van der Waals surface area contributed by atoms with Crippen LogP contribution >= 0.6 is 15.9 Å². The molecule has 0 aliphatic heterocycles. The quantitative estimate of drug-likeness (QED) is 0.518. The van der Waals surface area contributed by atoms with Crippen molar-refractivity contribution in [1.29, 1.82) is 0 Å². The van der Waals surface area contributed by atoms with Crippen LogP contribution in [0.15, 0.2) is 77.3 Å². The zero-order valence-electron chi connectivity index (χ0n) is 14.9. The van der Waals surface area contributed by atoms with Crippen LogP contribution in [0.5, 0.6) is 17.2 Å². The molecule has 5 heteroatoms. The first kappa shape index (κ1) is 19.0. The zero-order chi connectivity index (χ0) is 19.1. The Kier molecular flexibility index (Phi) is 6.49. The smallest absolute Gasteiger partial charge is 0.262 e. The summed E-state index contributed by atoms with van der Waals surface area (Å²) >= 11 is 3.47. The lowest BCUT2D eigenvalue weighted by atomic mass is 10.2. The number of nitrogens with one attached hydrogen (secondary N) is 1. The summed E-state index contributed by atoms with van der Waals surface area (Å²) in [6, 6.07) is 22.6. The van der Waals surface area contributed by atoms with Crippen molar-refractivity contribution >= 4 is 27.5 Å². The fourth-order valence-electron chi connectivity index (χ4n) is 2.45. The molecule has 3 aromatic carbocycles. The Balaban J connectivity index is 1.52. The summed E-state index contributed by atoms with van der Waals surface area (Å²) in [5.74, 6) is 1.89. The number of carbonyl (C=O) groups is 1. The van der Waals surface area contributed by atoms with E-state index in [9.17, 15) is 4.79 Å². The maximum absolute atomic E-state index is 12.1. The van der Waals surface area contributed by atoms with Gasteiger partial charge in [0.15, 0.2) is 6.61 Å². The third-order valence-electron chi connectivity index (χ3n) is 3.88. The summed E-state index contributed by atoms with van der Waals surface area (Å²) < 4.78 is 12.2. The minimum atomic E-state index is -0.224. The number of halogens is 1. The second kappa shape index (κ2) is 9.24. The van der Waals surface area contributed by atoms with Gasteiger partial charge in [-0.15, -0.1) is 0 Å². The first-order valence-corrected chi connectivity index (χ1v) is 9.47. The van der Waals surface area contributed by atoms with Gasteiger partial charge in [0.2, 0.25) is 0 Å². The Bertz CT molecular complexity index is 895. The minimum Gasteiger partial charge on any atom is -0.483 e. The minimum absolute atomic E-state index is 0.0632. The molecule has 0 aromatic heterocycles. The SMILES string of the molecule is CCc1ccc(OCC(=O)Nc2ccc(Oc3ccccc3)cc2)c(Br)c1. The molecule has 0 aliphatic rings. The van der Waals surface area contributed by atoms with E-state index in [0.29, 0.717) is 17.2 Å². The van der Waals surface area contributed by atoms with Crippen LogP contribution in [0.1, 0.15) is 12.5 Å². The van der Waals surface area contributed by atoms with Crippen LogP contribution in [0, 0.1) is 0 Å². The van der Waals surface area contributed by atoms with Crippen molar-refractivity contribution in [2.75, 3.05) is 11.9 Å². The van der Waals surface area contributed by atoms with Crippen LogP contribution in [-0.4, -0.2) is 12.5 Å². The van der Waals surface area contributed by atoms with Gasteiger partial charge in [-0.2, -0.15) is 0 Å². The van der Waals surface area contributed by atoms with Crippen molar-refractivity contribution in [1.82, 2.24) is 0 Å². The summed E-state index contributed by atoms with van der Waals surface area (Å²) in [7, 11) is 0. The lowest BCUT2D eigenvalue weighted by Crippen LogP contribution is -2.20. The summed E-state index contributed by atoms with van der Waals surface area (Å²) in [5, 5.41) is 2.81. The van der Waals surface area contributed by atoms with Gasteiger partial charge in [-0.1, -0.05) is 31.2 Å². The van der Waals surface area contributed by atoms with E-state index < -0.39 is 0 Å². The number of carbonyl (C=O) groups excluding carboxylic acids is 1. The molecule has 1 amide bonds. The molecule has 0 saturated carbocycles. The predicted molar refractivity (Wildman–Crippen MR) is 111 cm³/mol. The van der Waals surface area contributed by atoms with Crippen LogP contribution in [0.2, 0.25) is 0 Å². The predicted octanol–water partition coefficient (Wildman–Crippen LogP) is 5.82. The van der Waals surface area contributed by atoms with E-state index in [1.165, 1.54) is 5.56 Å². The number of anilines is 1. The van der Waals surface area contributed by atoms with Crippen molar-refractivity contribution in [2.45, 2.75) is 13.3 Å². The normalized spacial score (nSPS) is 10.3. The molecule has 0 aliphatic carbocycles. The third-order valence-corrected chi connectivity index (χ3v) is 4.50. The van der Waals surface area contributed by atoms with Gasteiger partial charge in [0.1, 0.15) is 17.2 Å². The second-order valence-corrected chi connectivity index (χ2v) is 6.75. The van der Waals surface area contributed by atoms with Crippen molar-refractivity contribution in [3.8, 4) is 17.2 Å². The lowest BCUT2D eigenvalue weighted by Gasteiger charge is -2.10. The van der Waals surface area contributed by atoms with Crippen LogP contribution < -0.4 is 14.8 Å². The van der Waals surface area contributed by atoms with Crippen LogP contribution in [-0.2, 0) is 11.2 Å². The monoisotopic (exact) mass is 425 g/mol. The van der Waals surface area contributed by atoms with E-state index in [2.05, 4.69) is 28.2 Å². The van der Waals surface area contributed by atoms with Crippen LogP contribution in [0.3, 0.4) is 0 Å². The van der Waals surface area contributed by atoms with E-state index in [4.69, 9.17) is 9.47 Å². The van der Waals surface area contributed by atoms with Gasteiger partial charge in [-0.05, 0) is 76.4 Å². The van der Waals surface area contributed by atoms with Gasteiger partial charge >= 0.3 is 0 Å². The Morgan fingerprint density at radius 2 is 1.67 bits per heavy atom. The number of hydrogen-bond acceptors (Lipinski definition) is 3. The Morgan fingerprint density at radius 3 is 2.33 bits per heavy atom. The van der Waals surface area contributed by atoms with E-state index in [1.54, 1.807) is 12.1 Å². The average molecular weight is 426 g/mol. The van der Waals surface area contributed by atoms with Crippen molar-refractivity contribution in [3.05, 3.63) is 82.8 Å². The van der Waals surface area contributed by atoms with Gasteiger partial charge in [0.25, 0.3) is 5.91 Å². The number of aryl methyl sites for hydroxylation is 1. The fourth-order valence-corrected chi connectivity index (χ4v) is 2.99. The van der Waals surface area contributed by atoms with E-state index in [0.717, 1.165) is 16.6 Å². The first-order valence-electron chi connectivity index (χ1n) is 8.68. The average Bonchev–Trinajstić information content (AvgIpc) is 2.69. The molecule has 3 aromatic rings. The van der Waals surface area contributed by atoms with Gasteiger partial charge in [-0.25, -0.2) is 0 Å². The van der Waals surface area contributed by atoms with Gasteiger partial charge in [-0.3, -0.25) is 4.79 Å². The maximum atomic E-state index is 12.1. The number of amides is 1. The zero-order valence-corrected chi connectivity index (χ0v) is 16.5. The molecule has 3 rings (SSSR count). The van der Waals surface area contributed by atoms with Gasteiger partial charge in [0, 0.05) is 5.69 Å². The van der Waals surface area contributed by atoms with Crippen LogP contribution in [0.25, 0.3) is 0 Å². The Hall–Kier alpha value is -2.79. The first-order chi connectivity index (χ1) is 13.1. The number of ether oxygens (including phenoxy) is 2. The molecule has 0 heterocycles. The second-order valence-electron chi connectivity index (χ2n) is 5.89. The highest BCUT2D eigenvalue weighted by Gasteiger charge is 2.07. The highest BCUT2D eigenvalue weighted by molar-refractivity contribution is 9.10. The van der Waals surface area contributed by atoms with Gasteiger partial charge < -0.3 is 14.8 Å². The van der Waals surface area contributed by atoms with E-state index in [1.807, 2.05) is 60.7 Å². The lowest BCUT2D eigenvalue weighted by molar-refractivity contribution is -0.118. The molecule has 0 bridgehead atoms. The Morgan fingerprint density at radius 1 is 0.963 bits per heavy atom. The molecular formula is C22H20BrNO3. The number of para-hydroxylation sites is 1. The van der Waals surface area contributed by atoms with E-state index >= 15 is 0 Å². The fraction of sp³-hybridized carbons (Fsp3) is 0.136. The summed E-state index contributed by atoms with van der Waals surface area (Å²) in [6.07, 6.45) is 0.948. The molecule has 4 nitrogen and oxygen atoms in total. The molecule has 27 heavy (non-hydrogen) atoms. The molecule has 1 N–H and O–H groups in total. The van der Waals surface area contributed by atoms with Crippen molar-refractivity contribution in [3.63, 3.8) is 0 Å². The standard InChI is InChI=1S/C22H20BrNO3/c1-2-16-8-13-21(20(23)14-16)26-15-22(25)24-17-9-11-19(12-10-17)27-18-6-4-3-5-7-18/h3-14H,2,15H2,1H3,(H,24,25). The summed E-state index contributed by atoms with van der Waals surface area (Å²) in [6.45, 7) is 2.03. The van der Waals surface area contributed by atoms with Crippen LogP contribution in [0.4, 0.5) is 5.69 Å². The number of benzene rings is 3. The van der Waals surface area contributed by atoms with E-state index in [-0.39, 0.29) is 12.5 Å².